The number of para-hydroxylation sites is 2. The highest BCUT2D eigenvalue weighted by molar-refractivity contribution is 5.43. The first-order chi connectivity index (χ1) is 7.79. The van der Waals surface area contributed by atoms with E-state index in [4.69, 9.17) is 9.47 Å². The highest BCUT2D eigenvalue weighted by atomic mass is 16.5. The van der Waals surface area contributed by atoms with E-state index in [-0.39, 0.29) is 0 Å². The Kier molecular flexibility index (Phi) is 3.10. The maximum Gasteiger partial charge on any atom is 0.169 e. The summed E-state index contributed by atoms with van der Waals surface area (Å²) in [4.78, 5) is 0. The monoisotopic (exact) mass is 213 g/mol. The minimum atomic E-state index is 0.704. The summed E-state index contributed by atoms with van der Waals surface area (Å²) in [6.07, 6.45) is 0. The van der Waals surface area contributed by atoms with Gasteiger partial charge in [-0.15, -0.1) is 0 Å². The summed E-state index contributed by atoms with van der Waals surface area (Å²) in [6.45, 7) is 3.85. The van der Waals surface area contributed by atoms with Crippen LogP contribution in [0.15, 0.2) is 48.5 Å². The Hall–Kier alpha value is -1.96. The molecule has 0 N–H and O–H groups in total. The first-order valence-electron chi connectivity index (χ1n) is 5.02. The quantitative estimate of drug-likeness (QED) is 0.774. The Labute approximate surface area is 95.4 Å². The second kappa shape index (κ2) is 4.71. The molecule has 0 unspecified atom stereocenters. The standard InChI is InChI=1S/C14H13O2/c1-11-6-5-7-12(10-11)16-14-9-4-3-8-13(14)15-2/h3-10H,1H2,2H3. The van der Waals surface area contributed by atoms with Gasteiger partial charge in [-0.2, -0.15) is 0 Å². The van der Waals surface area contributed by atoms with Crippen LogP contribution in [-0.2, 0) is 0 Å². The molecule has 0 amide bonds. The molecule has 0 aliphatic carbocycles. The van der Waals surface area contributed by atoms with Crippen molar-refractivity contribution in [3.05, 3.63) is 61.0 Å². The van der Waals surface area contributed by atoms with Crippen molar-refractivity contribution in [3.8, 4) is 17.2 Å². The van der Waals surface area contributed by atoms with Gasteiger partial charge in [0, 0.05) is 0 Å². The lowest BCUT2D eigenvalue weighted by molar-refractivity contribution is 0.379. The number of hydrogen-bond donors (Lipinski definition) is 0. The largest absolute Gasteiger partial charge is 0.493 e. The highest BCUT2D eigenvalue weighted by Crippen LogP contribution is 2.30. The lowest BCUT2D eigenvalue weighted by atomic mass is 10.2. The van der Waals surface area contributed by atoms with E-state index in [0.717, 1.165) is 17.1 Å². The van der Waals surface area contributed by atoms with Crippen molar-refractivity contribution >= 4 is 0 Å². The Morgan fingerprint density at radius 1 is 0.938 bits per heavy atom. The van der Waals surface area contributed by atoms with Crippen molar-refractivity contribution in [2.45, 2.75) is 0 Å². The molecule has 81 valence electrons. The molecule has 0 aliphatic heterocycles. The fraction of sp³-hybridized carbons (Fsp3) is 0.0714. The van der Waals surface area contributed by atoms with Crippen LogP contribution in [0.2, 0.25) is 0 Å². The molecule has 2 rings (SSSR count). The van der Waals surface area contributed by atoms with Gasteiger partial charge in [0.05, 0.1) is 7.11 Å². The molecule has 2 aromatic carbocycles. The average Bonchev–Trinajstić information content (AvgIpc) is 2.30. The number of benzene rings is 2. The van der Waals surface area contributed by atoms with Crippen molar-refractivity contribution in [3.63, 3.8) is 0 Å². The average molecular weight is 213 g/mol. The normalized spacial score (nSPS) is 9.88. The number of ether oxygens (including phenoxy) is 2. The fourth-order valence-corrected chi connectivity index (χ4v) is 1.44. The van der Waals surface area contributed by atoms with Gasteiger partial charge >= 0.3 is 0 Å². The lowest BCUT2D eigenvalue weighted by Crippen LogP contribution is -1.89. The van der Waals surface area contributed by atoms with Crippen molar-refractivity contribution < 1.29 is 9.47 Å². The molecule has 2 heteroatoms. The van der Waals surface area contributed by atoms with Gasteiger partial charge in [-0.05, 0) is 36.8 Å². The highest BCUT2D eigenvalue weighted by Gasteiger charge is 2.03. The maximum absolute atomic E-state index is 5.72. The first kappa shape index (κ1) is 10.6. The molecule has 0 spiro atoms. The van der Waals surface area contributed by atoms with Crippen LogP contribution in [0.4, 0.5) is 0 Å². The van der Waals surface area contributed by atoms with Crippen molar-refractivity contribution in [1.29, 1.82) is 0 Å². The summed E-state index contributed by atoms with van der Waals surface area (Å²) in [7, 11) is 1.62. The third-order valence-electron chi connectivity index (χ3n) is 2.20. The third kappa shape index (κ3) is 2.34. The molecule has 0 bridgehead atoms. The van der Waals surface area contributed by atoms with Gasteiger partial charge in [-0.3, -0.25) is 0 Å². The lowest BCUT2D eigenvalue weighted by Gasteiger charge is -2.09. The molecule has 16 heavy (non-hydrogen) atoms. The SMILES string of the molecule is [CH2]c1cccc(Oc2ccccc2OC)c1. The van der Waals surface area contributed by atoms with E-state index < -0.39 is 0 Å². The van der Waals surface area contributed by atoms with E-state index in [9.17, 15) is 0 Å². The van der Waals surface area contributed by atoms with Gasteiger partial charge in [-0.25, -0.2) is 0 Å². The number of hydrogen-bond acceptors (Lipinski definition) is 2. The van der Waals surface area contributed by atoms with Crippen molar-refractivity contribution in [2.75, 3.05) is 7.11 Å². The molecule has 0 saturated carbocycles. The van der Waals surface area contributed by atoms with Crippen LogP contribution >= 0.6 is 0 Å². The summed E-state index contributed by atoms with van der Waals surface area (Å²) in [5, 5.41) is 0. The van der Waals surface area contributed by atoms with E-state index in [2.05, 4.69) is 6.92 Å². The first-order valence-corrected chi connectivity index (χ1v) is 5.02. The Morgan fingerprint density at radius 3 is 2.38 bits per heavy atom. The van der Waals surface area contributed by atoms with Crippen LogP contribution < -0.4 is 9.47 Å². The molecule has 0 atom stereocenters. The molecule has 0 saturated heterocycles. The summed E-state index contributed by atoms with van der Waals surface area (Å²) in [6, 6.07) is 15.2. The van der Waals surface area contributed by atoms with Gasteiger partial charge in [0.15, 0.2) is 11.5 Å². The van der Waals surface area contributed by atoms with Crippen LogP contribution in [0.1, 0.15) is 5.56 Å². The number of methoxy groups -OCH3 is 1. The van der Waals surface area contributed by atoms with Crippen LogP contribution in [-0.4, -0.2) is 7.11 Å². The van der Waals surface area contributed by atoms with E-state index >= 15 is 0 Å². The second-order valence-corrected chi connectivity index (χ2v) is 3.40. The van der Waals surface area contributed by atoms with Gasteiger partial charge in [0.25, 0.3) is 0 Å². The number of rotatable bonds is 3. The topological polar surface area (TPSA) is 18.5 Å². The van der Waals surface area contributed by atoms with Gasteiger partial charge in [0.1, 0.15) is 5.75 Å². The van der Waals surface area contributed by atoms with Crippen LogP contribution in [0.3, 0.4) is 0 Å². The summed E-state index contributed by atoms with van der Waals surface area (Å²) in [5.74, 6) is 2.18. The third-order valence-corrected chi connectivity index (χ3v) is 2.20. The Morgan fingerprint density at radius 2 is 1.69 bits per heavy atom. The van der Waals surface area contributed by atoms with E-state index in [1.807, 2.05) is 48.5 Å². The maximum atomic E-state index is 5.72. The van der Waals surface area contributed by atoms with Crippen molar-refractivity contribution in [1.82, 2.24) is 0 Å². The fourth-order valence-electron chi connectivity index (χ4n) is 1.44. The van der Waals surface area contributed by atoms with Gasteiger partial charge in [0.2, 0.25) is 0 Å². The minimum absolute atomic E-state index is 0.704. The molecule has 0 heterocycles. The smallest absolute Gasteiger partial charge is 0.169 e. The predicted octanol–water partition coefficient (Wildman–Crippen LogP) is 3.67. The molecule has 0 aromatic heterocycles. The summed E-state index contributed by atoms with van der Waals surface area (Å²) < 4.78 is 10.9. The zero-order valence-corrected chi connectivity index (χ0v) is 9.14. The molecular formula is C14H13O2. The zero-order chi connectivity index (χ0) is 11.4. The molecule has 0 fully saturated rings. The summed E-state index contributed by atoms with van der Waals surface area (Å²) in [5.41, 5.74) is 0.924. The van der Waals surface area contributed by atoms with Gasteiger partial charge in [-0.1, -0.05) is 24.3 Å². The Balaban J connectivity index is 2.26. The molecule has 2 aromatic rings. The van der Waals surface area contributed by atoms with E-state index in [0.29, 0.717) is 5.75 Å². The molecule has 1 radical (unpaired) electrons. The summed E-state index contributed by atoms with van der Waals surface area (Å²) >= 11 is 0. The van der Waals surface area contributed by atoms with Crippen LogP contribution in [0.25, 0.3) is 0 Å². The van der Waals surface area contributed by atoms with E-state index in [1.165, 1.54) is 0 Å². The van der Waals surface area contributed by atoms with Crippen LogP contribution in [0.5, 0.6) is 17.2 Å². The molecular weight excluding hydrogens is 200 g/mol. The predicted molar refractivity (Wildman–Crippen MR) is 64.0 cm³/mol. The minimum Gasteiger partial charge on any atom is -0.493 e. The zero-order valence-electron chi connectivity index (χ0n) is 9.14. The Bertz CT molecular complexity index is 478. The van der Waals surface area contributed by atoms with Crippen LogP contribution in [0, 0.1) is 6.92 Å². The van der Waals surface area contributed by atoms with E-state index in [1.54, 1.807) is 7.11 Å². The van der Waals surface area contributed by atoms with Crippen molar-refractivity contribution in [2.24, 2.45) is 0 Å². The molecule has 0 aliphatic rings. The van der Waals surface area contributed by atoms with Gasteiger partial charge < -0.3 is 9.47 Å². The molecule has 2 nitrogen and oxygen atoms in total. The second-order valence-electron chi connectivity index (χ2n) is 3.40.